The first-order valence-corrected chi connectivity index (χ1v) is 10.9. The molecule has 0 saturated carbocycles. The Hall–Kier alpha value is -1.40. The largest absolute Gasteiger partial charge is 0.356 e. The standard InChI is InChI=1S/C21H30BrN3O2/c1-16-7-11-24(12-8-16)10-3-2-9-23-21(27)17-13-20(26)25(15-17)19-6-4-5-18(22)14-19/h4-6,14,16-17H,2-3,7-13,15H2,1H3,(H,23,27). The predicted molar refractivity (Wildman–Crippen MR) is 112 cm³/mol. The van der Waals surface area contributed by atoms with E-state index in [-0.39, 0.29) is 17.7 Å². The van der Waals surface area contributed by atoms with E-state index >= 15 is 0 Å². The fourth-order valence-electron chi connectivity index (χ4n) is 3.88. The summed E-state index contributed by atoms with van der Waals surface area (Å²) in [4.78, 5) is 29.0. The van der Waals surface area contributed by atoms with E-state index in [4.69, 9.17) is 0 Å². The van der Waals surface area contributed by atoms with Crippen LogP contribution >= 0.6 is 15.9 Å². The first kappa shape index (κ1) is 20.3. The van der Waals surface area contributed by atoms with Crippen molar-refractivity contribution >= 4 is 33.4 Å². The van der Waals surface area contributed by atoms with Gasteiger partial charge < -0.3 is 15.1 Å². The van der Waals surface area contributed by atoms with Crippen LogP contribution in [0.2, 0.25) is 0 Å². The van der Waals surface area contributed by atoms with Gasteiger partial charge in [-0.1, -0.05) is 28.9 Å². The number of nitrogens with zero attached hydrogens (tertiary/aromatic N) is 2. The molecular formula is C21H30BrN3O2. The van der Waals surface area contributed by atoms with Gasteiger partial charge in [0.2, 0.25) is 11.8 Å². The highest BCUT2D eigenvalue weighted by Gasteiger charge is 2.34. The van der Waals surface area contributed by atoms with Crippen molar-refractivity contribution in [3.05, 3.63) is 28.7 Å². The minimum absolute atomic E-state index is 0.00708. The second kappa shape index (κ2) is 9.69. The Morgan fingerprint density at radius 3 is 2.78 bits per heavy atom. The van der Waals surface area contributed by atoms with Crippen LogP contribution in [0.5, 0.6) is 0 Å². The number of halogens is 1. The number of rotatable bonds is 7. The van der Waals surface area contributed by atoms with E-state index in [1.54, 1.807) is 4.90 Å². The van der Waals surface area contributed by atoms with Gasteiger partial charge in [0.25, 0.3) is 0 Å². The van der Waals surface area contributed by atoms with Crippen molar-refractivity contribution < 1.29 is 9.59 Å². The lowest BCUT2D eigenvalue weighted by Gasteiger charge is -2.30. The highest BCUT2D eigenvalue weighted by Crippen LogP contribution is 2.27. The SMILES string of the molecule is CC1CCN(CCCCNC(=O)C2CC(=O)N(c3cccc(Br)c3)C2)CC1. The molecule has 5 nitrogen and oxygen atoms in total. The quantitative estimate of drug-likeness (QED) is 0.667. The molecule has 1 aromatic carbocycles. The molecule has 2 heterocycles. The van der Waals surface area contributed by atoms with Crippen molar-refractivity contribution in [3.63, 3.8) is 0 Å². The average molecular weight is 436 g/mol. The van der Waals surface area contributed by atoms with Crippen molar-refractivity contribution in [1.82, 2.24) is 10.2 Å². The molecule has 2 saturated heterocycles. The second-order valence-electron chi connectivity index (χ2n) is 7.91. The van der Waals surface area contributed by atoms with E-state index < -0.39 is 0 Å². The van der Waals surface area contributed by atoms with E-state index in [1.165, 1.54) is 25.9 Å². The molecule has 6 heteroatoms. The van der Waals surface area contributed by atoms with Gasteiger partial charge in [-0.2, -0.15) is 0 Å². The van der Waals surface area contributed by atoms with Crippen LogP contribution in [-0.4, -0.2) is 49.4 Å². The van der Waals surface area contributed by atoms with Crippen LogP contribution in [0.3, 0.4) is 0 Å². The smallest absolute Gasteiger partial charge is 0.227 e. The van der Waals surface area contributed by atoms with Crippen molar-refractivity contribution in [3.8, 4) is 0 Å². The highest BCUT2D eigenvalue weighted by atomic mass is 79.9. The molecule has 2 fully saturated rings. The van der Waals surface area contributed by atoms with Gasteiger partial charge in [-0.05, 0) is 69.4 Å². The fraction of sp³-hybridized carbons (Fsp3) is 0.619. The molecule has 1 atom stereocenters. The highest BCUT2D eigenvalue weighted by molar-refractivity contribution is 9.10. The summed E-state index contributed by atoms with van der Waals surface area (Å²) in [5.41, 5.74) is 0.848. The zero-order valence-corrected chi connectivity index (χ0v) is 17.7. The second-order valence-corrected chi connectivity index (χ2v) is 8.82. The van der Waals surface area contributed by atoms with Gasteiger partial charge in [0.15, 0.2) is 0 Å². The third kappa shape index (κ3) is 5.79. The average Bonchev–Trinajstić information content (AvgIpc) is 3.05. The molecule has 0 bridgehead atoms. The zero-order chi connectivity index (χ0) is 19.2. The van der Waals surface area contributed by atoms with Crippen LogP contribution in [0.1, 0.15) is 39.0 Å². The molecule has 27 heavy (non-hydrogen) atoms. The fourth-order valence-corrected chi connectivity index (χ4v) is 4.27. The van der Waals surface area contributed by atoms with Gasteiger partial charge >= 0.3 is 0 Å². The van der Waals surface area contributed by atoms with Crippen LogP contribution < -0.4 is 10.2 Å². The maximum atomic E-state index is 12.4. The van der Waals surface area contributed by atoms with Crippen LogP contribution in [0, 0.1) is 11.8 Å². The topological polar surface area (TPSA) is 52.7 Å². The van der Waals surface area contributed by atoms with Crippen molar-refractivity contribution in [2.45, 2.75) is 39.0 Å². The molecule has 2 aliphatic rings. The number of likely N-dealkylation sites (tertiary alicyclic amines) is 1. The first-order chi connectivity index (χ1) is 13.0. The summed E-state index contributed by atoms with van der Waals surface area (Å²) in [7, 11) is 0. The number of nitrogens with one attached hydrogen (secondary N) is 1. The van der Waals surface area contributed by atoms with Crippen molar-refractivity contribution in [1.29, 1.82) is 0 Å². The summed E-state index contributed by atoms with van der Waals surface area (Å²) in [5, 5.41) is 3.03. The number of unbranched alkanes of at least 4 members (excludes halogenated alkanes) is 1. The molecule has 0 radical (unpaired) electrons. The van der Waals surface area contributed by atoms with Gasteiger partial charge in [0.1, 0.15) is 0 Å². The molecule has 3 rings (SSSR count). The summed E-state index contributed by atoms with van der Waals surface area (Å²) in [6.07, 6.45) is 5.02. The number of carbonyl (C=O) groups is 2. The van der Waals surface area contributed by atoms with E-state index in [0.29, 0.717) is 19.5 Å². The Morgan fingerprint density at radius 2 is 2.04 bits per heavy atom. The minimum Gasteiger partial charge on any atom is -0.356 e. The maximum absolute atomic E-state index is 12.4. The zero-order valence-electron chi connectivity index (χ0n) is 16.1. The van der Waals surface area contributed by atoms with E-state index in [0.717, 1.165) is 35.5 Å². The Kier molecular flexibility index (Phi) is 7.30. The molecule has 1 aromatic rings. The Bertz CT molecular complexity index is 659. The van der Waals surface area contributed by atoms with E-state index in [1.807, 2.05) is 24.3 Å². The summed E-state index contributed by atoms with van der Waals surface area (Å²) in [5.74, 6) is 0.645. The first-order valence-electron chi connectivity index (χ1n) is 10.1. The summed E-state index contributed by atoms with van der Waals surface area (Å²) in [6, 6.07) is 7.66. The molecule has 0 aromatic heterocycles. The number of amides is 2. The molecular weight excluding hydrogens is 406 g/mol. The van der Waals surface area contributed by atoms with Crippen LogP contribution in [0.15, 0.2) is 28.7 Å². The van der Waals surface area contributed by atoms with Gasteiger partial charge in [-0.3, -0.25) is 9.59 Å². The predicted octanol–water partition coefficient (Wildman–Crippen LogP) is 3.43. The van der Waals surface area contributed by atoms with Crippen molar-refractivity contribution in [2.75, 3.05) is 37.6 Å². The lowest BCUT2D eigenvalue weighted by atomic mass is 9.99. The van der Waals surface area contributed by atoms with Crippen LogP contribution in [0.25, 0.3) is 0 Å². The summed E-state index contributed by atoms with van der Waals surface area (Å²) < 4.78 is 0.934. The monoisotopic (exact) mass is 435 g/mol. The Morgan fingerprint density at radius 1 is 1.26 bits per heavy atom. The summed E-state index contributed by atoms with van der Waals surface area (Å²) in [6.45, 7) is 7.05. The van der Waals surface area contributed by atoms with Gasteiger partial charge in [-0.25, -0.2) is 0 Å². The lowest BCUT2D eigenvalue weighted by molar-refractivity contribution is -0.126. The number of carbonyl (C=O) groups excluding carboxylic acids is 2. The lowest BCUT2D eigenvalue weighted by Crippen LogP contribution is -2.35. The third-order valence-corrected chi connectivity index (χ3v) is 6.19. The van der Waals surface area contributed by atoms with E-state index in [9.17, 15) is 9.59 Å². The number of piperidine rings is 1. The molecule has 0 aliphatic carbocycles. The molecule has 1 N–H and O–H groups in total. The van der Waals surface area contributed by atoms with E-state index in [2.05, 4.69) is 33.1 Å². The Balaban J connectivity index is 1.36. The minimum atomic E-state index is -0.250. The summed E-state index contributed by atoms with van der Waals surface area (Å²) >= 11 is 3.43. The van der Waals surface area contributed by atoms with Gasteiger partial charge in [0, 0.05) is 29.7 Å². The van der Waals surface area contributed by atoms with Crippen LogP contribution in [0.4, 0.5) is 5.69 Å². The number of benzene rings is 1. The van der Waals surface area contributed by atoms with Gasteiger partial charge in [0.05, 0.1) is 5.92 Å². The number of hydrogen-bond donors (Lipinski definition) is 1. The Labute approximate surface area is 170 Å². The van der Waals surface area contributed by atoms with Crippen LogP contribution in [-0.2, 0) is 9.59 Å². The third-order valence-electron chi connectivity index (χ3n) is 5.69. The van der Waals surface area contributed by atoms with Gasteiger partial charge in [-0.15, -0.1) is 0 Å². The van der Waals surface area contributed by atoms with Crippen molar-refractivity contribution in [2.24, 2.45) is 11.8 Å². The molecule has 148 valence electrons. The number of hydrogen-bond acceptors (Lipinski definition) is 3. The molecule has 1 unspecified atom stereocenters. The maximum Gasteiger partial charge on any atom is 0.227 e. The molecule has 2 amide bonds. The molecule has 0 spiro atoms. The number of anilines is 1. The normalized spacial score (nSPS) is 21.6. The molecule has 2 aliphatic heterocycles.